The molecular formula is C19H35IN4O3S2. The van der Waals surface area contributed by atoms with E-state index >= 15 is 0 Å². The van der Waals surface area contributed by atoms with Crippen LogP contribution in [0, 0.1) is 5.92 Å². The number of guanidine groups is 1. The molecule has 0 radical (unpaired) electrons. The summed E-state index contributed by atoms with van der Waals surface area (Å²) in [5.41, 5.74) is 0. The number of aliphatic imine (C=N–C) groups is 1. The summed E-state index contributed by atoms with van der Waals surface area (Å²) in [5.74, 6) is 1.45. The second-order valence-corrected chi connectivity index (χ2v) is 10.2. The van der Waals surface area contributed by atoms with Crippen LogP contribution in [0.25, 0.3) is 0 Å². The molecule has 168 valence electrons. The molecule has 1 N–H and O–H groups in total. The number of hydrogen-bond acceptors (Lipinski definition) is 5. The summed E-state index contributed by atoms with van der Waals surface area (Å²) in [5, 5.41) is 3.34. The topological polar surface area (TPSA) is 74.2 Å². The number of sulfonamides is 1. The number of nitrogens with zero attached hydrogens (tertiary/aromatic N) is 3. The second-order valence-electron chi connectivity index (χ2n) is 6.91. The van der Waals surface area contributed by atoms with Gasteiger partial charge in [0, 0.05) is 63.6 Å². The molecule has 1 aromatic heterocycles. The zero-order chi connectivity index (χ0) is 20.6. The average molecular weight is 559 g/mol. The first-order valence-corrected chi connectivity index (χ1v) is 12.3. The normalized spacial score (nSPS) is 17.4. The van der Waals surface area contributed by atoms with Crippen LogP contribution in [0.1, 0.15) is 32.1 Å². The van der Waals surface area contributed by atoms with Gasteiger partial charge in [-0.3, -0.25) is 4.99 Å². The van der Waals surface area contributed by atoms with Gasteiger partial charge in [0.15, 0.2) is 5.96 Å². The third-order valence-electron chi connectivity index (χ3n) is 4.81. The fourth-order valence-corrected chi connectivity index (χ4v) is 6.22. The van der Waals surface area contributed by atoms with Crippen LogP contribution in [-0.2, 0) is 21.2 Å². The minimum Gasteiger partial charge on any atom is -0.381 e. The minimum atomic E-state index is -3.37. The van der Waals surface area contributed by atoms with Crippen LogP contribution >= 0.6 is 35.3 Å². The molecule has 0 amide bonds. The van der Waals surface area contributed by atoms with E-state index in [0.717, 1.165) is 50.0 Å². The lowest BCUT2D eigenvalue weighted by Gasteiger charge is -2.24. The molecule has 1 saturated heterocycles. The van der Waals surface area contributed by atoms with Crippen molar-refractivity contribution in [2.24, 2.45) is 10.9 Å². The van der Waals surface area contributed by atoms with E-state index in [-0.39, 0.29) is 24.0 Å². The largest absolute Gasteiger partial charge is 0.381 e. The predicted molar refractivity (Wildman–Crippen MR) is 131 cm³/mol. The highest BCUT2D eigenvalue weighted by Crippen LogP contribution is 2.25. The standard InChI is InChI=1S/C19H34N4O3S2.HI/c1-5-20-19(22(4)14-16-11-13-26-15-16)21-12-10-17-8-9-18(27-17)28(24,25)23(6-2)7-3;/h8-9,16H,5-7,10-15H2,1-4H3,(H,20,21);1H. The summed E-state index contributed by atoms with van der Waals surface area (Å²) in [6.45, 7) is 10.8. The van der Waals surface area contributed by atoms with Crippen molar-refractivity contribution in [3.63, 3.8) is 0 Å². The first-order chi connectivity index (χ1) is 13.4. The van der Waals surface area contributed by atoms with Gasteiger partial charge in [0.2, 0.25) is 0 Å². The molecule has 0 spiro atoms. The van der Waals surface area contributed by atoms with Gasteiger partial charge in [-0.1, -0.05) is 13.8 Å². The van der Waals surface area contributed by atoms with Crippen LogP contribution in [0.4, 0.5) is 0 Å². The molecule has 7 nitrogen and oxygen atoms in total. The first-order valence-electron chi connectivity index (χ1n) is 10.1. The van der Waals surface area contributed by atoms with Gasteiger partial charge in [-0.25, -0.2) is 8.42 Å². The Hall–Kier alpha value is -0.430. The minimum absolute atomic E-state index is 0. The molecular weight excluding hydrogens is 523 g/mol. The molecule has 0 saturated carbocycles. The highest BCUT2D eigenvalue weighted by atomic mass is 127. The lowest BCUT2D eigenvalue weighted by molar-refractivity contribution is 0.181. The molecule has 1 aromatic rings. The van der Waals surface area contributed by atoms with Crippen LogP contribution in [0.5, 0.6) is 0 Å². The summed E-state index contributed by atoms with van der Waals surface area (Å²) < 4.78 is 32.6. The quantitative estimate of drug-likeness (QED) is 0.272. The molecule has 1 aliphatic heterocycles. The molecule has 0 bridgehead atoms. The zero-order valence-electron chi connectivity index (χ0n) is 17.9. The lowest BCUT2D eigenvalue weighted by atomic mass is 10.1. The highest BCUT2D eigenvalue weighted by molar-refractivity contribution is 14.0. The fraction of sp³-hybridized carbons (Fsp3) is 0.737. The molecule has 1 atom stereocenters. The van der Waals surface area contributed by atoms with E-state index < -0.39 is 10.0 Å². The number of nitrogens with one attached hydrogen (secondary N) is 1. The van der Waals surface area contributed by atoms with E-state index in [2.05, 4.69) is 24.2 Å². The van der Waals surface area contributed by atoms with Crippen molar-refractivity contribution in [2.75, 3.05) is 53.0 Å². The van der Waals surface area contributed by atoms with Crippen LogP contribution in [-0.4, -0.2) is 76.6 Å². The van der Waals surface area contributed by atoms with Crippen molar-refractivity contribution in [1.82, 2.24) is 14.5 Å². The smallest absolute Gasteiger partial charge is 0.252 e. The Balaban J connectivity index is 0.00000420. The average Bonchev–Trinajstić information content (AvgIpc) is 3.34. The summed E-state index contributed by atoms with van der Waals surface area (Å²) >= 11 is 1.35. The molecule has 0 aliphatic carbocycles. The molecule has 1 unspecified atom stereocenters. The van der Waals surface area contributed by atoms with E-state index in [1.165, 1.54) is 15.6 Å². The van der Waals surface area contributed by atoms with Gasteiger partial charge in [0.1, 0.15) is 4.21 Å². The van der Waals surface area contributed by atoms with Gasteiger partial charge in [-0.05, 0) is 25.5 Å². The van der Waals surface area contributed by atoms with Crippen molar-refractivity contribution < 1.29 is 13.2 Å². The van der Waals surface area contributed by atoms with E-state index in [9.17, 15) is 8.42 Å². The van der Waals surface area contributed by atoms with E-state index in [4.69, 9.17) is 9.73 Å². The lowest BCUT2D eigenvalue weighted by Crippen LogP contribution is -2.41. The maximum atomic E-state index is 12.6. The molecule has 1 fully saturated rings. The Labute approximate surface area is 197 Å². The second kappa shape index (κ2) is 13.1. The van der Waals surface area contributed by atoms with Gasteiger partial charge in [0.05, 0.1) is 6.61 Å². The van der Waals surface area contributed by atoms with Crippen molar-refractivity contribution in [1.29, 1.82) is 0 Å². The Kier molecular flexibility index (Phi) is 12.0. The van der Waals surface area contributed by atoms with Crippen molar-refractivity contribution >= 4 is 51.3 Å². The van der Waals surface area contributed by atoms with Gasteiger partial charge < -0.3 is 15.0 Å². The molecule has 1 aliphatic rings. The monoisotopic (exact) mass is 558 g/mol. The van der Waals surface area contributed by atoms with Crippen LogP contribution in [0.15, 0.2) is 21.3 Å². The van der Waals surface area contributed by atoms with Gasteiger partial charge >= 0.3 is 0 Å². The van der Waals surface area contributed by atoms with Crippen molar-refractivity contribution in [2.45, 2.75) is 37.8 Å². The number of hydrogen-bond donors (Lipinski definition) is 1. The SMILES string of the molecule is CCNC(=NCCc1ccc(S(=O)(=O)N(CC)CC)s1)N(C)CC1CCOC1.I. The highest BCUT2D eigenvalue weighted by Gasteiger charge is 2.23. The third-order valence-corrected chi connectivity index (χ3v) is 8.47. The third kappa shape index (κ3) is 7.64. The fourth-order valence-electron chi connectivity index (χ4n) is 3.26. The summed E-state index contributed by atoms with van der Waals surface area (Å²) in [4.78, 5) is 7.93. The van der Waals surface area contributed by atoms with Gasteiger partial charge in [0.25, 0.3) is 10.0 Å². The predicted octanol–water partition coefficient (Wildman–Crippen LogP) is 2.87. The van der Waals surface area contributed by atoms with Gasteiger partial charge in [-0.15, -0.1) is 35.3 Å². The number of thiophene rings is 1. The molecule has 29 heavy (non-hydrogen) atoms. The number of halogens is 1. The van der Waals surface area contributed by atoms with Crippen LogP contribution in [0.2, 0.25) is 0 Å². The van der Waals surface area contributed by atoms with Crippen LogP contribution in [0.3, 0.4) is 0 Å². The zero-order valence-corrected chi connectivity index (χ0v) is 21.9. The Morgan fingerprint density at radius 3 is 2.62 bits per heavy atom. The van der Waals surface area contributed by atoms with Crippen molar-refractivity contribution in [3.8, 4) is 0 Å². The van der Waals surface area contributed by atoms with E-state index in [0.29, 0.717) is 29.8 Å². The molecule has 2 rings (SSSR count). The number of rotatable bonds is 10. The Morgan fingerprint density at radius 1 is 1.31 bits per heavy atom. The maximum absolute atomic E-state index is 12.6. The molecule has 10 heteroatoms. The number of ether oxygens (including phenoxy) is 1. The summed E-state index contributed by atoms with van der Waals surface area (Å²) in [6, 6.07) is 3.62. The summed E-state index contributed by atoms with van der Waals surface area (Å²) in [6.07, 6.45) is 1.83. The maximum Gasteiger partial charge on any atom is 0.252 e. The molecule has 0 aromatic carbocycles. The van der Waals surface area contributed by atoms with E-state index in [1.54, 1.807) is 6.07 Å². The first kappa shape index (κ1) is 26.6. The summed E-state index contributed by atoms with van der Waals surface area (Å²) in [7, 11) is -1.32. The van der Waals surface area contributed by atoms with E-state index in [1.807, 2.05) is 19.9 Å². The Bertz CT molecular complexity index is 730. The van der Waals surface area contributed by atoms with Crippen molar-refractivity contribution in [3.05, 3.63) is 17.0 Å². The molecule has 2 heterocycles. The van der Waals surface area contributed by atoms with Gasteiger partial charge in [-0.2, -0.15) is 4.31 Å². The Morgan fingerprint density at radius 2 is 2.03 bits per heavy atom. The van der Waals surface area contributed by atoms with Crippen LogP contribution < -0.4 is 5.32 Å².